The van der Waals surface area contributed by atoms with Gasteiger partial charge in [0.15, 0.2) is 11.6 Å². The fourth-order valence-corrected chi connectivity index (χ4v) is 2.48. The molecule has 0 atom stereocenters. The van der Waals surface area contributed by atoms with Crippen molar-refractivity contribution in [3.8, 4) is 5.75 Å². The summed E-state index contributed by atoms with van der Waals surface area (Å²) >= 11 is 1.65. The first kappa shape index (κ1) is 11.0. The van der Waals surface area contributed by atoms with Gasteiger partial charge in [-0.05, 0) is 37.1 Å². The molecule has 1 fully saturated rings. The molecule has 1 N–H and O–H groups in total. The molecule has 1 aromatic carbocycles. The highest BCUT2D eigenvalue weighted by Crippen LogP contribution is 2.35. The van der Waals surface area contributed by atoms with Crippen LogP contribution in [0.5, 0.6) is 5.75 Å². The van der Waals surface area contributed by atoms with Crippen molar-refractivity contribution < 1.29 is 9.13 Å². The molecule has 0 saturated heterocycles. The minimum Gasteiger partial charge on any atom is -0.488 e. The molecule has 0 amide bonds. The van der Waals surface area contributed by atoms with E-state index >= 15 is 0 Å². The van der Waals surface area contributed by atoms with Gasteiger partial charge in [-0.25, -0.2) is 4.39 Å². The van der Waals surface area contributed by atoms with Crippen molar-refractivity contribution in [1.82, 2.24) is 4.98 Å². The van der Waals surface area contributed by atoms with Crippen molar-refractivity contribution >= 4 is 22.7 Å². The molecule has 1 heterocycles. The van der Waals surface area contributed by atoms with Gasteiger partial charge >= 0.3 is 0 Å². The number of aromatic amines is 1. The Labute approximate surface area is 104 Å². The van der Waals surface area contributed by atoms with Gasteiger partial charge in [0.05, 0.1) is 12.1 Å². The topological polar surface area (TPSA) is 25.0 Å². The summed E-state index contributed by atoms with van der Waals surface area (Å²) < 4.78 is 19.4. The lowest BCUT2D eigenvalue weighted by atomic mass is 10.2. The molecule has 1 aromatic heterocycles. The normalized spacial score (nSPS) is 15.4. The summed E-state index contributed by atoms with van der Waals surface area (Å²) in [6.07, 6.45) is 6.33. The van der Waals surface area contributed by atoms with E-state index < -0.39 is 0 Å². The van der Waals surface area contributed by atoms with E-state index in [9.17, 15) is 4.39 Å². The largest absolute Gasteiger partial charge is 0.488 e. The quantitative estimate of drug-likeness (QED) is 0.836. The molecule has 0 aliphatic heterocycles. The summed E-state index contributed by atoms with van der Waals surface area (Å²) in [7, 11) is 0. The molecule has 1 saturated carbocycles. The molecule has 2 aromatic rings. The molecule has 0 radical (unpaired) electrons. The summed E-state index contributed by atoms with van der Waals surface area (Å²) in [6.45, 7) is 0.629. The van der Waals surface area contributed by atoms with Crippen molar-refractivity contribution in [3.63, 3.8) is 0 Å². The van der Waals surface area contributed by atoms with Gasteiger partial charge in [0, 0.05) is 16.5 Å². The summed E-state index contributed by atoms with van der Waals surface area (Å²) in [5.41, 5.74) is 0.773. The van der Waals surface area contributed by atoms with Crippen LogP contribution >= 0.6 is 11.8 Å². The van der Waals surface area contributed by atoms with Crippen LogP contribution in [-0.4, -0.2) is 17.8 Å². The Morgan fingerprint density at radius 1 is 1.47 bits per heavy atom. The fourth-order valence-electron chi connectivity index (χ4n) is 1.92. The first-order valence-electron chi connectivity index (χ1n) is 5.76. The average Bonchev–Trinajstić information content (AvgIpc) is 3.06. The van der Waals surface area contributed by atoms with E-state index in [2.05, 4.69) is 4.98 Å². The van der Waals surface area contributed by atoms with Gasteiger partial charge in [0.25, 0.3) is 0 Å². The number of hydrogen-bond donors (Lipinski definition) is 1. The van der Waals surface area contributed by atoms with Crippen LogP contribution in [0.2, 0.25) is 0 Å². The SMILES string of the molecule is CSc1c[nH]c2c(OCC3CC3)c(F)ccc12. The number of hydrogen-bond acceptors (Lipinski definition) is 2. The lowest BCUT2D eigenvalue weighted by Gasteiger charge is -2.07. The van der Waals surface area contributed by atoms with Gasteiger partial charge in [-0.3, -0.25) is 0 Å². The molecule has 2 nitrogen and oxygen atoms in total. The number of thioether (sulfide) groups is 1. The maximum absolute atomic E-state index is 13.8. The molecular formula is C13H14FNOS. The zero-order chi connectivity index (χ0) is 11.8. The number of aromatic nitrogens is 1. The predicted molar refractivity (Wildman–Crippen MR) is 68.3 cm³/mol. The highest BCUT2D eigenvalue weighted by atomic mass is 32.2. The van der Waals surface area contributed by atoms with Crippen molar-refractivity contribution in [3.05, 3.63) is 24.1 Å². The number of ether oxygens (including phenoxy) is 1. The minimum absolute atomic E-state index is 0.285. The van der Waals surface area contributed by atoms with E-state index in [-0.39, 0.29) is 5.82 Å². The third kappa shape index (κ3) is 2.02. The monoisotopic (exact) mass is 251 g/mol. The summed E-state index contributed by atoms with van der Waals surface area (Å²) in [4.78, 5) is 4.23. The molecule has 1 aliphatic rings. The second-order valence-corrected chi connectivity index (χ2v) is 5.26. The average molecular weight is 251 g/mol. The van der Waals surface area contributed by atoms with Crippen LogP contribution in [0.4, 0.5) is 4.39 Å². The van der Waals surface area contributed by atoms with Crippen molar-refractivity contribution in [2.24, 2.45) is 5.92 Å². The van der Waals surface area contributed by atoms with Crippen LogP contribution in [0.15, 0.2) is 23.2 Å². The zero-order valence-electron chi connectivity index (χ0n) is 9.63. The second kappa shape index (κ2) is 4.26. The van der Waals surface area contributed by atoms with Gasteiger partial charge < -0.3 is 9.72 Å². The third-order valence-corrected chi connectivity index (χ3v) is 3.88. The summed E-state index contributed by atoms with van der Waals surface area (Å²) in [6, 6.07) is 3.29. The molecular weight excluding hydrogens is 237 g/mol. The Morgan fingerprint density at radius 2 is 2.29 bits per heavy atom. The Balaban J connectivity index is 2.00. The second-order valence-electron chi connectivity index (χ2n) is 4.41. The van der Waals surface area contributed by atoms with E-state index in [1.165, 1.54) is 18.9 Å². The molecule has 90 valence electrons. The standard InChI is InChI=1S/C13H14FNOS/c1-17-11-6-15-12-9(11)4-5-10(14)13(12)16-7-8-2-3-8/h4-6,8,15H,2-3,7H2,1H3. The van der Waals surface area contributed by atoms with Crippen molar-refractivity contribution in [1.29, 1.82) is 0 Å². The van der Waals surface area contributed by atoms with Crippen molar-refractivity contribution in [2.45, 2.75) is 17.7 Å². The summed E-state index contributed by atoms with van der Waals surface area (Å²) in [5, 5.41) is 1.03. The Morgan fingerprint density at radius 3 is 3.00 bits per heavy atom. The lowest BCUT2D eigenvalue weighted by molar-refractivity contribution is 0.288. The van der Waals surface area contributed by atoms with Crippen LogP contribution < -0.4 is 4.74 Å². The minimum atomic E-state index is -0.285. The van der Waals surface area contributed by atoms with E-state index in [0.717, 1.165) is 15.8 Å². The number of nitrogens with one attached hydrogen (secondary N) is 1. The number of fused-ring (bicyclic) bond motifs is 1. The Hall–Kier alpha value is -1.16. The Bertz CT molecular complexity index is 548. The molecule has 0 unspecified atom stereocenters. The van der Waals surface area contributed by atoms with Gasteiger partial charge in [0.2, 0.25) is 0 Å². The number of benzene rings is 1. The van der Waals surface area contributed by atoms with E-state index in [1.807, 2.05) is 12.5 Å². The predicted octanol–water partition coefficient (Wildman–Crippen LogP) is 3.82. The van der Waals surface area contributed by atoms with Gasteiger partial charge in [-0.1, -0.05) is 0 Å². The first-order valence-corrected chi connectivity index (χ1v) is 6.98. The maximum Gasteiger partial charge on any atom is 0.179 e. The van der Waals surface area contributed by atoms with Crippen LogP contribution in [0.25, 0.3) is 10.9 Å². The van der Waals surface area contributed by atoms with Crippen molar-refractivity contribution in [2.75, 3.05) is 12.9 Å². The lowest BCUT2D eigenvalue weighted by Crippen LogP contribution is -2.01. The molecule has 1 aliphatic carbocycles. The number of rotatable bonds is 4. The Kier molecular flexibility index (Phi) is 2.74. The molecule has 0 bridgehead atoms. The molecule has 4 heteroatoms. The van der Waals surface area contributed by atoms with E-state index in [4.69, 9.17) is 4.74 Å². The van der Waals surface area contributed by atoms with Crippen LogP contribution in [-0.2, 0) is 0 Å². The molecule has 0 spiro atoms. The van der Waals surface area contributed by atoms with E-state index in [1.54, 1.807) is 17.8 Å². The summed E-state index contributed by atoms with van der Waals surface area (Å²) in [5.74, 6) is 0.710. The van der Waals surface area contributed by atoms with Gasteiger partial charge in [-0.15, -0.1) is 11.8 Å². The van der Waals surface area contributed by atoms with Crippen LogP contribution in [0, 0.1) is 11.7 Å². The molecule has 3 rings (SSSR count). The van der Waals surface area contributed by atoms with Crippen LogP contribution in [0.3, 0.4) is 0 Å². The van der Waals surface area contributed by atoms with E-state index in [0.29, 0.717) is 18.3 Å². The van der Waals surface area contributed by atoms with Crippen LogP contribution in [0.1, 0.15) is 12.8 Å². The highest BCUT2D eigenvalue weighted by molar-refractivity contribution is 7.98. The number of halogens is 1. The fraction of sp³-hybridized carbons (Fsp3) is 0.385. The number of H-pyrrole nitrogens is 1. The smallest absolute Gasteiger partial charge is 0.179 e. The zero-order valence-corrected chi connectivity index (χ0v) is 10.4. The third-order valence-electron chi connectivity index (χ3n) is 3.10. The van der Waals surface area contributed by atoms with Gasteiger partial charge in [-0.2, -0.15) is 0 Å². The highest BCUT2D eigenvalue weighted by Gasteiger charge is 2.23. The van der Waals surface area contributed by atoms with Gasteiger partial charge in [0.1, 0.15) is 0 Å². The maximum atomic E-state index is 13.8. The first-order chi connectivity index (χ1) is 8.29. The molecule has 17 heavy (non-hydrogen) atoms.